The summed E-state index contributed by atoms with van der Waals surface area (Å²) in [5.74, 6) is -1.06. The number of rotatable bonds is 12. The van der Waals surface area contributed by atoms with Gasteiger partial charge in [-0.25, -0.2) is 9.59 Å². The molecule has 174 valence electrons. The normalized spacial score (nSPS) is 11.6. The molecule has 4 heteroatoms. The number of esters is 2. The van der Waals surface area contributed by atoms with Gasteiger partial charge in [-0.2, -0.15) is 0 Å². The van der Waals surface area contributed by atoms with Crippen molar-refractivity contribution in [3.05, 3.63) is 82.0 Å². The first-order valence-electron chi connectivity index (χ1n) is 11.2. The number of hydrogen-bond donors (Lipinski definition) is 0. The van der Waals surface area contributed by atoms with E-state index in [2.05, 4.69) is 39.8 Å². The summed E-state index contributed by atoms with van der Waals surface area (Å²) in [6, 6.07) is 6.60. The van der Waals surface area contributed by atoms with E-state index in [1.54, 1.807) is 24.3 Å². The number of ether oxygens (including phenoxy) is 2. The molecular weight excluding hydrogens is 400 g/mol. The average Bonchev–Trinajstić information content (AvgIpc) is 2.73. The van der Waals surface area contributed by atoms with Gasteiger partial charge in [0.25, 0.3) is 0 Å². The highest BCUT2D eigenvalue weighted by Gasteiger charge is 2.18. The Morgan fingerprint density at radius 1 is 0.656 bits per heavy atom. The zero-order valence-corrected chi connectivity index (χ0v) is 20.5. The van der Waals surface area contributed by atoms with E-state index in [0.717, 1.165) is 36.8 Å². The molecule has 0 amide bonds. The van der Waals surface area contributed by atoms with Crippen LogP contribution in [-0.2, 0) is 9.47 Å². The molecule has 0 fully saturated rings. The first-order valence-corrected chi connectivity index (χ1v) is 11.2. The lowest BCUT2D eigenvalue weighted by atomic mass is 10.1. The molecule has 0 saturated carbocycles. The van der Waals surface area contributed by atoms with Gasteiger partial charge in [-0.3, -0.25) is 0 Å². The Bertz CT molecular complexity index is 803. The van der Waals surface area contributed by atoms with E-state index >= 15 is 0 Å². The Morgan fingerprint density at radius 3 is 1.38 bits per heavy atom. The second kappa shape index (κ2) is 15.0. The second-order valence-corrected chi connectivity index (χ2v) is 8.48. The SMILES string of the molecule is CC(C)=CCC/C(C)=C/COC(=O)c1ccccc1C(=O)OC/C=C(\C)CCC=C(C)C. The van der Waals surface area contributed by atoms with Crippen molar-refractivity contribution < 1.29 is 19.1 Å². The molecule has 0 aliphatic heterocycles. The molecule has 0 heterocycles. The highest BCUT2D eigenvalue weighted by Crippen LogP contribution is 2.14. The molecule has 0 atom stereocenters. The topological polar surface area (TPSA) is 52.6 Å². The van der Waals surface area contributed by atoms with Gasteiger partial charge in [0, 0.05) is 0 Å². The molecule has 0 spiro atoms. The highest BCUT2D eigenvalue weighted by atomic mass is 16.5. The highest BCUT2D eigenvalue weighted by molar-refractivity contribution is 6.03. The van der Waals surface area contributed by atoms with Crippen LogP contribution in [0.4, 0.5) is 0 Å². The Kier molecular flexibility index (Phi) is 12.7. The maximum Gasteiger partial charge on any atom is 0.339 e. The molecule has 32 heavy (non-hydrogen) atoms. The summed E-state index contributed by atoms with van der Waals surface area (Å²) >= 11 is 0. The molecule has 1 rings (SSSR count). The molecule has 1 aromatic rings. The van der Waals surface area contributed by atoms with Gasteiger partial charge in [0.2, 0.25) is 0 Å². The second-order valence-electron chi connectivity index (χ2n) is 8.48. The largest absolute Gasteiger partial charge is 0.458 e. The zero-order chi connectivity index (χ0) is 23.9. The van der Waals surface area contributed by atoms with Gasteiger partial charge >= 0.3 is 11.9 Å². The van der Waals surface area contributed by atoms with Crippen molar-refractivity contribution in [3.8, 4) is 0 Å². The first-order chi connectivity index (χ1) is 15.2. The number of benzene rings is 1. The summed E-state index contributed by atoms with van der Waals surface area (Å²) < 4.78 is 10.7. The maximum atomic E-state index is 12.5. The van der Waals surface area contributed by atoms with Gasteiger partial charge in [-0.15, -0.1) is 0 Å². The Labute approximate surface area is 193 Å². The van der Waals surface area contributed by atoms with E-state index < -0.39 is 11.9 Å². The molecule has 0 saturated heterocycles. The summed E-state index contributed by atoms with van der Waals surface area (Å²) in [4.78, 5) is 25.0. The van der Waals surface area contributed by atoms with Crippen LogP contribution in [0.2, 0.25) is 0 Å². The summed E-state index contributed by atoms with van der Waals surface area (Å²) in [7, 11) is 0. The van der Waals surface area contributed by atoms with Crippen molar-refractivity contribution in [1.82, 2.24) is 0 Å². The van der Waals surface area contributed by atoms with Crippen LogP contribution in [0.5, 0.6) is 0 Å². The predicted molar refractivity (Wildman–Crippen MR) is 132 cm³/mol. The molecule has 0 aromatic heterocycles. The van der Waals surface area contributed by atoms with Crippen molar-refractivity contribution in [3.63, 3.8) is 0 Å². The molecule has 1 aromatic carbocycles. The minimum absolute atomic E-state index is 0.177. The summed E-state index contributed by atoms with van der Waals surface area (Å²) in [5, 5.41) is 0. The van der Waals surface area contributed by atoms with Crippen molar-refractivity contribution in [2.75, 3.05) is 13.2 Å². The van der Waals surface area contributed by atoms with E-state index in [9.17, 15) is 9.59 Å². The van der Waals surface area contributed by atoms with Crippen molar-refractivity contribution in [2.45, 2.75) is 67.2 Å². The van der Waals surface area contributed by atoms with Gasteiger partial charge in [0.1, 0.15) is 13.2 Å². The standard InChI is InChI=1S/C28H38O4/c1-21(2)11-9-13-23(5)17-19-31-27(29)25-15-7-8-16-26(25)28(30)32-20-18-24(6)14-10-12-22(3)4/h7-8,11-12,15-18H,9-10,13-14,19-20H2,1-6H3/b23-17+,24-18+. The maximum absolute atomic E-state index is 12.5. The fourth-order valence-corrected chi connectivity index (χ4v) is 2.89. The average molecular weight is 439 g/mol. The first kappa shape index (κ1) is 27.2. The Morgan fingerprint density at radius 2 is 1.03 bits per heavy atom. The van der Waals surface area contributed by atoms with Gasteiger partial charge < -0.3 is 9.47 Å². The fraction of sp³-hybridized carbons (Fsp3) is 0.429. The molecule has 0 N–H and O–H groups in total. The van der Waals surface area contributed by atoms with Crippen LogP contribution in [0.3, 0.4) is 0 Å². The van der Waals surface area contributed by atoms with Crippen molar-refractivity contribution in [2.24, 2.45) is 0 Å². The van der Waals surface area contributed by atoms with Crippen LogP contribution >= 0.6 is 0 Å². The molecule has 0 aliphatic carbocycles. The summed E-state index contributed by atoms with van der Waals surface area (Å²) in [6.45, 7) is 12.7. The predicted octanol–water partition coefficient (Wildman–Crippen LogP) is 7.39. The fourth-order valence-electron chi connectivity index (χ4n) is 2.89. The van der Waals surface area contributed by atoms with E-state index in [1.807, 2.05) is 26.0 Å². The van der Waals surface area contributed by atoms with E-state index in [0.29, 0.717) is 0 Å². The third-order valence-corrected chi connectivity index (χ3v) is 4.84. The van der Waals surface area contributed by atoms with E-state index in [-0.39, 0.29) is 24.3 Å². The smallest absolute Gasteiger partial charge is 0.339 e. The Hall–Kier alpha value is -2.88. The van der Waals surface area contributed by atoms with Crippen LogP contribution < -0.4 is 0 Å². The van der Waals surface area contributed by atoms with E-state index in [4.69, 9.17) is 9.47 Å². The number of hydrogen-bond acceptors (Lipinski definition) is 4. The molecular formula is C28H38O4. The van der Waals surface area contributed by atoms with Gasteiger partial charge in [-0.05, 0) is 91.5 Å². The summed E-state index contributed by atoms with van der Waals surface area (Å²) in [6.07, 6.45) is 12.0. The van der Waals surface area contributed by atoms with Gasteiger partial charge in [0.15, 0.2) is 0 Å². The van der Waals surface area contributed by atoms with Crippen LogP contribution in [0.25, 0.3) is 0 Å². The van der Waals surface area contributed by atoms with Crippen LogP contribution in [0.1, 0.15) is 87.9 Å². The molecule has 0 unspecified atom stereocenters. The molecule has 0 radical (unpaired) electrons. The lowest BCUT2D eigenvalue weighted by Crippen LogP contribution is -2.14. The monoisotopic (exact) mass is 438 g/mol. The van der Waals surface area contributed by atoms with Gasteiger partial charge in [0.05, 0.1) is 11.1 Å². The quantitative estimate of drug-likeness (QED) is 0.252. The lowest BCUT2D eigenvalue weighted by molar-refractivity contribution is 0.0502. The third kappa shape index (κ3) is 11.5. The lowest BCUT2D eigenvalue weighted by Gasteiger charge is -2.09. The van der Waals surface area contributed by atoms with E-state index in [1.165, 1.54) is 11.1 Å². The number of allylic oxidation sites excluding steroid dienone is 6. The van der Waals surface area contributed by atoms with Crippen molar-refractivity contribution >= 4 is 11.9 Å². The Balaban J connectivity index is 2.62. The summed E-state index contributed by atoms with van der Waals surface area (Å²) in [5.41, 5.74) is 5.35. The minimum atomic E-state index is -0.528. The molecule has 0 bridgehead atoms. The van der Waals surface area contributed by atoms with Crippen molar-refractivity contribution in [1.29, 1.82) is 0 Å². The zero-order valence-electron chi connectivity index (χ0n) is 20.5. The third-order valence-electron chi connectivity index (χ3n) is 4.84. The van der Waals surface area contributed by atoms with Crippen LogP contribution in [0, 0.1) is 0 Å². The van der Waals surface area contributed by atoms with Crippen LogP contribution in [0.15, 0.2) is 70.9 Å². The number of carbonyl (C=O) groups is 2. The molecule has 0 aliphatic rings. The van der Waals surface area contributed by atoms with Gasteiger partial charge in [-0.1, -0.05) is 46.6 Å². The molecule has 4 nitrogen and oxygen atoms in total. The minimum Gasteiger partial charge on any atom is -0.458 e. The van der Waals surface area contributed by atoms with Crippen LogP contribution in [-0.4, -0.2) is 25.2 Å². The number of carbonyl (C=O) groups excluding carboxylic acids is 2.